The number of hydrogen-bond donors (Lipinski definition) is 0. The molecule has 3 rings (SSSR count). The Hall–Kier alpha value is -2.26. The number of thiazole rings is 1. The maximum absolute atomic E-state index is 13.8. The van der Waals surface area contributed by atoms with Gasteiger partial charge in [0.25, 0.3) is 5.69 Å². The largest absolute Gasteiger partial charge is 0.494 e. The maximum atomic E-state index is 13.8. The van der Waals surface area contributed by atoms with Crippen LogP contribution in [0.4, 0.5) is 15.8 Å². The van der Waals surface area contributed by atoms with Crippen molar-refractivity contribution >= 4 is 22.7 Å². The molecule has 1 atom stereocenters. The molecule has 1 aliphatic heterocycles. The van der Waals surface area contributed by atoms with Crippen molar-refractivity contribution in [3.63, 3.8) is 0 Å². The van der Waals surface area contributed by atoms with Crippen molar-refractivity contribution in [1.82, 2.24) is 4.98 Å². The van der Waals surface area contributed by atoms with Crippen molar-refractivity contribution in [1.29, 1.82) is 0 Å². The standard InChI is InChI=1S/C15H16FN3O4S/c1-9-8-24-15(17-9)14-7-18(3-4-23-14)11-6-13(22-2)10(16)5-12(11)19(20)21/h5-6,8,14H,3-4,7H2,1-2H3. The molecule has 0 radical (unpaired) electrons. The van der Waals surface area contributed by atoms with Crippen LogP contribution in [-0.2, 0) is 4.74 Å². The monoisotopic (exact) mass is 353 g/mol. The highest BCUT2D eigenvalue weighted by Crippen LogP contribution is 2.37. The third-order valence-corrected chi connectivity index (χ3v) is 4.82. The number of nitro groups is 1. The molecule has 1 unspecified atom stereocenters. The van der Waals surface area contributed by atoms with E-state index in [1.807, 2.05) is 17.2 Å². The summed E-state index contributed by atoms with van der Waals surface area (Å²) < 4.78 is 24.5. The predicted octanol–water partition coefficient (Wildman–Crippen LogP) is 3.09. The zero-order chi connectivity index (χ0) is 17.3. The molecule has 1 aromatic carbocycles. The summed E-state index contributed by atoms with van der Waals surface area (Å²) in [7, 11) is 1.33. The summed E-state index contributed by atoms with van der Waals surface area (Å²) in [5, 5.41) is 14.1. The first kappa shape index (κ1) is 16.6. The summed E-state index contributed by atoms with van der Waals surface area (Å²) in [6, 6.07) is 2.26. The minimum absolute atomic E-state index is 0.0243. The van der Waals surface area contributed by atoms with Crippen LogP contribution in [0.2, 0.25) is 0 Å². The number of rotatable bonds is 4. The van der Waals surface area contributed by atoms with Crippen LogP contribution >= 0.6 is 11.3 Å². The molecule has 0 saturated carbocycles. The summed E-state index contributed by atoms with van der Waals surface area (Å²) in [6.07, 6.45) is -0.270. The number of hydrogen-bond acceptors (Lipinski definition) is 7. The molecule has 0 N–H and O–H groups in total. The lowest BCUT2D eigenvalue weighted by Gasteiger charge is -2.33. The predicted molar refractivity (Wildman–Crippen MR) is 87.4 cm³/mol. The van der Waals surface area contributed by atoms with E-state index in [1.54, 1.807) is 0 Å². The number of anilines is 1. The van der Waals surface area contributed by atoms with Gasteiger partial charge < -0.3 is 14.4 Å². The number of aryl methyl sites for hydroxylation is 1. The lowest BCUT2D eigenvalue weighted by Crippen LogP contribution is -2.38. The van der Waals surface area contributed by atoms with Gasteiger partial charge in [0.05, 0.1) is 31.3 Å². The Kier molecular flexibility index (Phi) is 4.63. The normalized spacial score (nSPS) is 17.8. The molecule has 0 amide bonds. The number of nitro benzene ring substituents is 1. The molecular formula is C15H16FN3O4S. The Bertz CT molecular complexity index is 767. The molecule has 1 fully saturated rings. The highest BCUT2D eigenvalue weighted by Gasteiger charge is 2.30. The summed E-state index contributed by atoms with van der Waals surface area (Å²) >= 11 is 1.49. The van der Waals surface area contributed by atoms with Gasteiger partial charge in [0, 0.05) is 23.7 Å². The van der Waals surface area contributed by atoms with Crippen LogP contribution in [0.15, 0.2) is 17.5 Å². The third-order valence-electron chi connectivity index (χ3n) is 3.77. The van der Waals surface area contributed by atoms with E-state index >= 15 is 0 Å². The fraction of sp³-hybridized carbons (Fsp3) is 0.400. The van der Waals surface area contributed by atoms with Crippen LogP contribution in [0.3, 0.4) is 0 Å². The number of aromatic nitrogens is 1. The van der Waals surface area contributed by atoms with Gasteiger partial charge in [-0.25, -0.2) is 9.37 Å². The van der Waals surface area contributed by atoms with Crippen molar-refractivity contribution in [3.05, 3.63) is 44.1 Å². The van der Waals surface area contributed by atoms with E-state index in [4.69, 9.17) is 9.47 Å². The summed E-state index contributed by atoms with van der Waals surface area (Å²) in [4.78, 5) is 16.9. The van der Waals surface area contributed by atoms with E-state index < -0.39 is 10.7 Å². The van der Waals surface area contributed by atoms with Gasteiger partial charge in [-0.1, -0.05) is 0 Å². The van der Waals surface area contributed by atoms with Crippen molar-refractivity contribution in [2.45, 2.75) is 13.0 Å². The van der Waals surface area contributed by atoms with Gasteiger partial charge in [-0.15, -0.1) is 11.3 Å². The van der Waals surface area contributed by atoms with Crippen LogP contribution in [0.25, 0.3) is 0 Å². The summed E-state index contributed by atoms with van der Waals surface area (Å²) in [5.41, 5.74) is 0.939. The molecule has 2 aromatic rings. The first-order valence-corrected chi connectivity index (χ1v) is 8.18. The molecule has 2 heterocycles. The van der Waals surface area contributed by atoms with Crippen LogP contribution in [0.5, 0.6) is 5.75 Å². The van der Waals surface area contributed by atoms with E-state index in [1.165, 1.54) is 24.5 Å². The second-order valence-electron chi connectivity index (χ2n) is 5.37. The number of benzene rings is 1. The molecule has 0 bridgehead atoms. The van der Waals surface area contributed by atoms with Crippen LogP contribution in [-0.4, -0.2) is 36.7 Å². The van der Waals surface area contributed by atoms with E-state index in [0.29, 0.717) is 25.4 Å². The second-order valence-corrected chi connectivity index (χ2v) is 6.25. The van der Waals surface area contributed by atoms with Gasteiger partial charge in [-0.05, 0) is 6.92 Å². The van der Waals surface area contributed by atoms with E-state index in [0.717, 1.165) is 16.8 Å². The summed E-state index contributed by atoms with van der Waals surface area (Å²) in [5.74, 6) is -0.781. The molecule has 24 heavy (non-hydrogen) atoms. The Balaban J connectivity index is 1.94. The lowest BCUT2D eigenvalue weighted by molar-refractivity contribution is -0.384. The van der Waals surface area contributed by atoms with Crippen molar-refractivity contribution in [2.24, 2.45) is 0 Å². The zero-order valence-electron chi connectivity index (χ0n) is 13.2. The number of ether oxygens (including phenoxy) is 2. The highest BCUT2D eigenvalue weighted by molar-refractivity contribution is 7.09. The number of halogens is 1. The maximum Gasteiger partial charge on any atom is 0.295 e. The van der Waals surface area contributed by atoms with E-state index in [9.17, 15) is 14.5 Å². The molecule has 1 saturated heterocycles. The van der Waals surface area contributed by atoms with Crippen LogP contribution in [0, 0.1) is 22.9 Å². The number of methoxy groups -OCH3 is 1. The molecular weight excluding hydrogens is 337 g/mol. The minimum Gasteiger partial charge on any atom is -0.494 e. The van der Waals surface area contributed by atoms with Gasteiger partial charge in [0.2, 0.25) is 0 Å². The minimum atomic E-state index is -0.756. The first-order chi connectivity index (χ1) is 11.5. The Morgan fingerprint density at radius 1 is 1.54 bits per heavy atom. The molecule has 1 aliphatic rings. The molecule has 9 heteroatoms. The van der Waals surface area contributed by atoms with Gasteiger partial charge in [0.15, 0.2) is 11.6 Å². The summed E-state index contributed by atoms with van der Waals surface area (Å²) in [6.45, 7) is 3.18. The molecule has 128 valence electrons. The second kappa shape index (κ2) is 6.70. The van der Waals surface area contributed by atoms with Gasteiger partial charge in [0.1, 0.15) is 16.8 Å². The van der Waals surface area contributed by atoms with Crippen molar-refractivity contribution in [3.8, 4) is 5.75 Å². The average Bonchev–Trinajstić information content (AvgIpc) is 3.01. The Labute approximate surface area is 141 Å². The Morgan fingerprint density at radius 2 is 2.33 bits per heavy atom. The van der Waals surface area contributed by atoms with Gasteiger partial charge >= 0.3 is 0 Å². The first-order valence-electron chi connectivity index (χ1n) is 7.30. The van der Waals surface area contributed by atoms with Gasteiger partial charge in [-0.3, -0.25) is 10.1 Å². The molecule has 7 nitrogen and oxygen atoms in total. The van der Waals surface area contributed by atoms with E-state index in [-0.39, 0.29) is 17.5 Å². The molecule has 0 spiro atoms. The zero-order valence-corrected chi connectivity index (χ0v) is 14.0. The quantitative estimate of drug-likeness (QED) is 0.621. The SMILES string of the molecule is COc1cc(N2CCOC(c3nc(C)cs3)C2)c([N+](=O)[O-])cc1F. The molecule has 0 aliphatic carbocycles. The number of nitrogens with zero attached hydrogens (tertiary/aromatic N) is 3. The Morgan fingerprint density at radius 3 is 2.96 bits per heavy atom. The van der Waals surface area contributed by atoms with Crippen LogP contribution < -0.4 is 9.64 Å². The number of morpholine rings is 1. The fourth-order valence-electron chi connectivity index (χ4n) is 2.63. The topological polar surface area (TPSA) is 77.7 Å². The van der Waals surface area contributed by atoms with Crippen molar-refractivity contribution < 1.29 is 18.8 Å². The lowest BCUT2D eigenvalue weighted by atomic mass is 10.2. The van der Waals surface area contributed by atoms with Crippen LogP contribution in [0.1, 0.15) is 16.8 Å². The third kappa shape index (κ3) is 3.17. The van der Waals surface area contributed by atoms with Gasteiger partial charge in [-0.2, -0.15) is 0 Å². The average molecular weight is 353 g/mol. The smallest absolute Gasteiger partial charge is 0.295 e. The fourth-order valence-corrected chi connectivity index (χ4v) is 3.46. The van der Waals surface area contributed by atoms with E-state index in [2.05, 4.69) is 4.98 Å². The van der Waals surface area contributed by atoms with Crippen molar-refractivity contribution in [2.75, 3.05) is 31.7 Å². The molecule has 1 aromatic heterocycles. The highest BCUT2D eigenvalue weighted by atomic mass is 32.1.